The average molecular weight is 329 g/mol. The fourth-order valence-corrected chi connectivity index (χ4v) is 4.58. The van der Waals surface area contributed by atoms with Crippen LogP contribution in [-0.4, -0.2) is 49.1 Å². The number of carboxylic acid groups (broad SMARTS) is 1. The molecule has 8 heteroatoms. The number of piperidine rings is 1. The molecule has 0 amide bonds. The van der Waals surface area contributed by atoms with Crippen LogP contribution in [0.5, 0.6) is 0 Å². The highest BCUT2D eigenvalue weighted by molar-refractivity contribution is 7.89. The molecule has 2 saturated heterocycles. The lowest BCUT2D eigenvalue weighted by atomic mass is 9.86. The van der Waals surface area contributed by atoms with Crippen molar-refractivity contribution in [1.29, 1.82) is 0 Å². The molecule has 2 fully saturated rings. The van der Waals surface area contributed by atoms with Crippen molar-refractivity contribution in [3.63, 3.8) is 0 Å². The molecular formula is C14H19NO6S. The van der Waals surface area contributed by atoms with Gasteiger partial charge >= 0.3 is 5.97 Å². The molecule has 0 saturated carbocycles. The lowest BCUT2D eigenvalue weighted by Crippen LogP contribution is -2.46. The molecule has 2 aliphatic rings. The van der Waals surface area contributed by atoms with Crippen LogP contribution in [0.2, 0.25) is 0 Å². The van der Waals surface area contributed by atoms with Crippen LogP contribution in [0.3, 0.4) is 0 Å². The highest BCUT2D eigenvalue weighted by Crippen LogP contribution is 2.39. The highest BCUT2D eigenvalue weighted by atomic mass is 32.2. The third-order valence-electron chi connectivity index (χ3n) is 4.49. The Morgan fingerprint density at radius 2 is 2.09 bits per heavy atom. The molecule has 0 aromatic carbocycles. The summed E-state index contributed by atoms with van der Waals surface area (Å²) >= 11 is 0. The summed E-state index contributed by atoms with van der Waals surface area (Å²) in [7, 11) is -3.62. The summed E-state index contributed by atoms with van der Waals surface area (Å²) in [5, 5.41) is 9.02. The minimum atomic E-state index is -3.62. The van der Waals surface area contributed by atoms with E-state index in [-0.39, 0.29) is 11.7 Å². The van der Waals surface area contributed by atoms with Crippen molar-refractivity contribution in [2.24, 2.45) is 5.92 Å². The Bertz CT molecular complexity index is 671. The number of rotatable bonds is 3. The molecule has 1 spiro atoms. The van der Waals surface area contributed by atoms with Crippen molar-refractivity contribution in [1.82, 2.24) is 4.31 Å². The summed E-state index contributed by atoms with van der Waals surface area (Å²) in [6.45, 7) is 2.61. The van der Waals surface area contributed by atoms with E-state index in [9.17, 15) is 13.2 Å². The second-order valence-electron chi connectivity index (χ2n) is 6.08. The molecule has 1 atom stereocenters. The highest BCUT2D eigenvalue weighted by Gasteiger charge is 2.47. The van der Waals surface area contributed by atoms with Gasteiger partial charge in [0, 0.05) is 19.2 Å². The molecule has 3 rings (SSSR count). The summed E-state index contributed by atoms with van der Waals surface area (Å²) in [4.78, 5) is 11.0. The molecule has 0 radical (unpaired) electrons. The minimum Gasteiger partial charge on any atom is -0.481 e. The van der Waals surface area contributed by atoms with Gasteiger partial charge in [0.15, 0.2) is 0 Å². The number of carbonyl (C=O) groups is 1. The molecule has 1 aromatic rings. The Labute approximate surface area is 128 Å². The molecule has 7 nitrogen and oxygen atoms in total. The van der Waals surface area contributed by atoms with Gasteiger partial charge in [-0.15, -0.1) is 0 Å². The SMILES string of the molecule is Cc1coc(S(=O)(=O)N2CCC3(CC2)CC(C(=O)O)CO3)c1. The molecular weight excluding hydrogens is 310 g/mol. The second kappa shape index (κ2) is 5.36. The van der Waals surface area contributed by atoms with Crippen molar-refractivity contribution >= 4 is 16.0 Å². The lowest BCUT2D eigenvalue weighted by Gasteiger charge is -2.37. The molecule has 2 aliphatic heterocycles. The monoisotopic (exact) mass is 329 g/mol. The number of sulfonamides is 1. The van der Waals surface area contributed by atoms with Crippen molar-refractivity contribution in [2.75, 3.05) is 19.7 Å². The fraction of sp³-hybridized carbons (Fsp3) is 0.643. The van der Waals surface area contributed by atoms with Gasteiger partial charge in [-0.3, -0.25) is 4.79 Å². The van der Waals surface area contributed by atoms with Crippen LogP contribution in [-0.2, 0) is 19.6 Å². The number of carboxylic acids is 1. The summed E-state index contributed by atoms with van der Waals surface area (Å²) < 4.78 is 37.1. The predicted octanol–water partition coefficient (Wildman–Crippen LogP) is 1.23. The molecule has 0 aliphatic carbocycles. The Hall–Kier alpha value is -1.38. The fourth-order valence-electron chi connectivity index (χ4n) is 3.15. The Kier molecular flexibility index (Phi) is 3.78. The first kappa shape index (κ1) is 15.5. The van der Waals surface area contributed by atoms with Gasteiger partial charge in [-0.25, -0.2) is 8.42 Å². The predicted molar refractivity (Wildman–Crippen MR) is 75.9 cm³/mol. The van der Waals surface area contributed by atoms with Gasteiger partial charge in [-0.1, -0.05) is 0 Å². The van der Waals surface area contributed by atoms with Gasteiger partial charge in [0.25, 0.3) is 10.0 Å². The number of hydrogen-bond donors (Lipinski definition) is 1. The molecule has 3 heterocycles. The van der Waals surface area contributed by atoms with E-state index in [1.165, 1.54) is 16.6 Å². The van der Waals surface area contributed by atoms with Gasteiger partial charge in [-0.2, -0.15) is 4.31 Å². The average Bonchev–Trinajstić information content (AvgIpc) is 3.07. The van der Waals surface area contributed by atoms with Gasteiger partial charge in [0.05, 0.1) is 24.4 Å². The van der Waals surface area contributed by atoms with Gasteiger partial charge < -0.3 is 14.3 Å². The van der Waals surface area contributed by atoms with E-state index in [2.05, 4.69) is 0 Å². The van der Waals surface area contributed by atoms with Crippen LogP contribution in [0, 0.1) is 12.8 Å². The van der Waals surface area contributed by atoms with Crippen LogP contribution < -0.4 is 0 Å². The molecule has 1 unspecified atom stereocenters. The summed E-state index contributed by atoms with van der Waals surface area (Å²) in [6.07, 6.45) is 2.89. The number of furan rings is 1. The van der Waals surface area contributed by atoms with E-state index >= 15 is 0 Å². The molecule has 1 N–H and O–H groups in total. The third kappa shape index (κ3) is 2.66. The van der Waals surface area contributed by atoms with Crippen molar-refractivity contribution in [2.45, 2.75) is 36.9 Å². The van der Waals surface area contributed by atoms with Crippen LogP contribution in [0.15, 0.2) is 21.8 Å². The summed E-state index contributed by atoms with van der Waals surface area (Å²) in [5.41, 5.74) is 0.268. The minimum absolute atomic E-state index is 0.0447. The maximum absolute atomic E-state index is 12.5. The number of ether oxygens (including phenoxy) is 1. The summed E-state index contributed by atoms with van der Waals surface area (Å²) in [5.74, 6) is -1.34. The zero-order valence-electron chi connectivity index (χ0n) is 12.3. The van der Waals surface area contributed by atoms with Crippen LogP contribution in [0.4, 0.5) is 0 Å². The topological polar surface area (TPSA) is 97.1 Å². The van der Waals surface area contributed by atoms with Crippen molar-refractivity contribution < 1.29 is 27.5 Å². The quantitative estimate of drug-likeness (QED) is 0.896. The standard InChI is InChI=1S/C14H19NO6S/c1-10-6-12(20-8-10)22(18,19)15-4-2-14(3-5-15)7-11(9-21-14)13(16)17/h6,8,11H,2-5,7,9H2,1H3,(H,16,17). The normalized spacial score (nSPS) is 25.6. The zero-order chi connectivity index (χ0) is 16.0. The number of nitrogens with zero attached hydrogens (tertiary/aromatic N) is 1. The first-order valence-electron chi connectivity index (χ1n) is 7.24. The van der Waals surface area contributed by atoms with Gasteiger partial charge in [0.2, 0.25) is 5.09 Å². The Morgan fingerprint density at radius 3 is 2.59 bits per heavy atom. The second-order valence-corrected chi connectivity index (χ2v) is 7.95. The van der Waals surface area contributed by atoms with E-state index < -0.39 is 27.5 Å². The van der Waals surface area contributed by atoms with E-state index in [1.807, 2.05) is 0 Å². The van der Waals surface area contributed by atoms with Crippen LogP contribution >= 0.6 is 0 Å². The molecule has 1 aromatic heterocycles. The van der Waals surface area contributed by atoms with E-state index in [0.29, 0.717) is 32.4 Å². The molecule has 0 bridgehead atoms. The smallest absolute Gasteiger partial charge is 0.308 e. The van der Waals surface area contributed by atoms with Crippen molar-refractivity contribution in [3.05, 3.63) is 17.9 Å². The maximum atomic E-state index is 12.5. The van der Waals surface area contributed by atoms with Gasteiger partial charge in [0.1, 0.15) is 0 Å². The lowest BCUT2D eigenvalue weighted by molar-refractivity contribution is -0.141. The van der Waals surface area contributed by atoms with Crippen molar-refractivity contribution in [3.8, 4) is 0 Å². The van der Waals surface area contributed by atoms with Crippen LogP contribution in [0.1, 0.15) is 24.8 Å². The summed E-state index contributed by atoms with van der Waals surface area (Å²) in [6, 6.07) is 1.51. The number of hydrogen-bond acceptors (Lipinski definition) is 5. The first-order chi connectivity index (χ1) is 10.3. The molecule has 122 valence electrons. The Morgan fingerprint density at radius 1 is 1.41 bits per heavy atom. The van der Waals surface area contributed by atoms with Crippen LogP contribution in [0.25, 0.3) is 0 Å². The Balaban J connectivity index is 1.68. The maximum Gasteiger partial charge on any atom is 0.308 e. The van der Waals surface area contributed by atoms with Gasteiger partial charge in [-0.05, 0) is 31.7 Å². The molecule has 22 heavy (non-hydrogen) atoms. The zero-order valence-corrected chi connectivity index (χ0v) is 13.1. The number of aliphatic carboxylic acids is 1. The van der Waals surface area contributed by atoms with E-state index in [4.69, 9.17) is 14.3 Å². The third-order valence-corrected chi connectivity index (χ3v) is 6.26. The van der Waals surface area contributed by atoms with E-state index in [1.54, 1.807) is 6.92 Å². The number of aryl methyl sites for hydroxylation is 1. The van der Waals surface area contributed by atoms with E-state index in [0.717, 1.165) is 5.56 Å². The first-order valence-corrected chi connectivity index (χ1v) is 8.68. The largest absolute Gasteiger partial charge is 0.481 e.